The van der Waals surface area contributed by atoms with Crippen molar-refractivity contribution in [3.63, 3.8) is 0 Å². The SMILES string of the molecule is CN(C)[C@@H]1C(=O)C(C(N)=O)=C(O)C2(O)C(=O)C3=C(O)c4c(O)cc(F)c(NC=O)c4CC3CC12. The summed E-state index contributed by atoms with van der Waals surface area (Å²) in [4.78, 5) is 50.9. The van der Waals surface area contributed by atoms with Gasteiger partial charge in [0.25, 0.3) is 5.91 Å². The third-order valence-electron chi connectivity index (χ3n) is 6.88. The number of Topliss-reactive ketones (excluding diaryl/α,β-unsaturated/α-hetero) is 2. The third-order valence-corrected chi connectivity index (χ3v) is 6.88. The van der Waals surface area contributed by atoms with Gasteiger partial charge in [-0.05, 0) is 38.4 Å². The summed E-state index contributed by atoms with van der Waals surface area (Å²) in [5, 5.41) is 45.6. The van der Waals surface area contributed by atoms with Gasteiger partial charge in [-0.1, -0.05) is 0 Å². The molecule has 3 aliphatic carbocycles. The molecule has 3 unspecified atom stereocenters. The van der Waals surface area contributed by atoms with E-state index >= 15 is 0 Å². The first-order valence-corrected chi connectivity index (χ1v) is 10.3. The molecule has 0 aromatic heterocycles. The molecule has 2 amide bonds. The minimum Gasteiger partial charge on any atom is -0.508 e. The number of carbonyl (C=O) groups excluding carboxylic acids is 4. The number of amides is 2. The van der Waals surface area contributed by atoms with Gasteiger partial charge in [0, 0.05) is 17.6 Å². The first-order valence-electron chi connectivity index (χ1n) is 10.3. The molecule has 0 saturated heterocycles. The number of fused-ring (bicyclic) bond motifs is 3. The number of hydrogen-bond donors (Lipinski definition) is 6. The van der Waals surface area contributed by atoms with Crippen LogP contribution in [0.4, 0.5) is 10.1 Å². The highest BCUT2D eigenvalue weighted by Gasteiger charge is 2.64. The van der Waals surface area contributed by atoms with E-state index in [9.17, 15) is 44.0 Å². The monoisotopic (exact) mass is 475 g/mol. The van der Waals surface area contributed by atoms with Crippen LogP contribution in [0.3, 0.4) is 0 Å². The van der Waals surface area contributed by atoms with Crippen molar-refractivity contribution in [2.24, 2.45) is 17.6 Å². The Labute approximate surface area is 192 Å². The van der Waals surface area contributed by atoms with Crippen LogP contribution in [0.1, 0.15) is 17.5 Å². The highest BCUT2D eigenvalue weighted by Crippen LogP contribution is 2.53. The topological polar surface area (TPSA) is 190 Å². The average Bonchev–Trinajstić information content (AvgIpc) is 2.72. The summed E-state index contributed by atoms with van der Waals surface area (Å²) < 4.78 is 14.5. The maximum Gasteiger partial charge on any atom is 0.255 e. The molecule has 4 rings (SSSR count). The second kappa shape index (κ2) is 7.64. The number of benzene rings is 1. The molecule has 0 bridgehead atoms. The molecule has 0 radical (unpaired) electrons. The van der Waals surface area contributed by atoms with Gasteiger partial charge in [-0.3, -0.25) is 24.1 Å². The summed E-state index contributed by atoms with van der Waals surface area (Å²) in [6, 6.07) is -0.581. The number of rotatable bonds is 4. The molecule has 4 atom stereocenters. The second-order valence-electron chi connectivity index (χ2n) is 8.83. The van der Waals surface area contributed by atoms with E-state index in [1.54, 1.807) is 0 Å². The van der Waals surface area contributed by atoms with Gasteiger partial charge >= 0.3 is 0 Å². The number of aliphatic hydroxyl groups excluding tert-OH is 2. The molecule has 1 aromatic carbocycles. The van der Waals surface area contributed by atoms with Crippen LogP contribution < -0.4 is 11.1 Å². The summed E-state index contributed by atoms with van der Waals surface area (Å²) in [6.07, 6.45) is -0.0769. The van der Waals surface area contributed by atoms with Crippen molar-refractivity contribution in [1.82, 2.24) is 4.90 Å². The number of carbonyl (C=O) groups is 4. The van der Waals surface area contributed by atoms with Crippen molar-refractivity contribution >= 4 is 35.3 Å². The Morgan fingerprint density at radius 2 is 1.94 bits per heavy atom. The summed E-state index contributed by atoms with van der Waals surface area (Å²) in [6.45, 7) is 0. The van der Waals surface area contributed by atoms with Crippen LogP contribution in [-0.4, -0.2) is 74.9 Å². The lowest BCUT2D eigenvalue weighted by atomic mass is 9.57. The van der Waals surface area contributed by atoms with E-state index in [4.69, 9.17) is 5.73 Å². The Kier molecular flexibility index (Phi) is 5.25. The molecule has 0 spiro atoms. The Morgan fingerprint density at radius 3 is 2.50 bits per heavy atom. The number of phenols is 1. The maximum atomic E-state index is 14.5. The van der Waals surface area contributed by atoms with Crippen molar-refractivity contribution in [2.75, 3.05) is 19.4 Å². The van der Waals surface area contributed by atoms with E-state index in [0.717, 1.165) is 0 Å². The lowest BCUT2D eigenvalue weighted by molar-refractivity contribution is -0.153. The van der Waals surface area contributed by atoms with Crippen LogP contribution in [-0.2, 0) is 25.6 Å². The molecule has 0 heterocycles. The number of likely N-dealkylation sites (N-methyl/N-ethyl adjacent to an activating group) is 1. The minimum atomic E-state index is -2.76. The predicted octanol–water partition coefficient (Wildman–Crippen LogP) is -0.329. The first-order chi connectivity index (χ1) is 15.9. The normalized spacial score (nSPS) is 28.4. The zero-order valence-electron chi connectivity index (χ0n) is 18.1. The number of nitrogens with zero attached hydrogens (tertiary/aromatic N) is 1. The van der Waals surface area contributed by atoms with E-state index in [1.165, 1.54) is 19.0 Å². The van der Waals surface area contributed by atoms with E-state index in [2.05, 4.69) is 5.32 Å². The first kappa shape index (κ1) is 23.4. The van der Waals surface area contributed by atoms with Crippen LogP contribution in [0.25, 0.3) is 5.76 Å². The van der Waals surface area contributed by atoms with Crippen LogP contribution in [0, 0.1) is 17.7 Å². The molecule has 1 fully saturated rings. The Balaban J connectivity index is 2.00. The number of aromatic hydroxyl groups is 1. The van der Waals surface area contributed by atoms with Gasteiger partial charge in [0.2, 0.25) is 12.2 Å². The van der Waals surface area contributed by atoms with E-state index < -0.39 is 69.6 Å². The van der Waals surface area contributed by atoms with Crippen LogP contribution in [0.15, 0.2) is 23.0 Å². The zero-order valence-corrected chi connectivity index (χ0v) is 18.1. The molecule has 34 heavy (non-hydrogen) atoms. The molecule has 11 nitrogen and oxygen atoms in total. The number of anilines is 1. The standard InChI is InChI=1S/C22H22FN3O8/c1-26(2)16-9-4-7-3-8-13(11(28)5-10(23)15(8)25-6-27)17(29)12(7)19(31)22(9,34)20(32)14(18(16)30)21(24)33/h5-7,9,16,28-29,32,34H,3-4H2,1-2H3,(H2,24,33)(H,25,27)/t7?,9?,16-,22?/m0/s1. The number of aliphatic hydroxyl groups is 3. The molecule has 12 heteroatoms. The summed E-state index contributed by atoms with van der Waals surface area (Å²) in [7, 11) is 2.96. The third kappa shape index (κ3) is 2.88. The number of halogens is 1. The van der Waals surface area contributed by atoms with Crippen molar-refractivity contribution in [3.05, 3.63) is 39.9 Å². The number of nitrogens with one attached hydrogen (secondary N) is 1. The molecule has 3 aliphatic rings. The number of primary amides is 1. The van der Waals surface area contributed by atoms with Crippen LogP contribution >= 0.6 is 0 Å². The van der Waals surface area contributed by atoms with Gasteiger partial charge in [-0.2, -0.15) is 0 Å². The average molecular weight is 475 g/mol. The number of hydrogen-bond acceptors (Lipinski definition) is 9. The van der Waals surface area contributed by atoms with Gasteiger partial charge in [0.1, 0.15) is 22.8 Å². The smallest absolute Gasteiger partial charge is 0.255 e. The molecule has 1 aromatic rings. The van der Waals surface area contributed by atoms with Gasteiger partial charge in [-0.25, -0.2) is 4.39 Å². The highest BCUT2D eigenvalue weighted by molar-refractivity contribution is 6.24. The number of phenolic OH excluding ortho intramolecular Hbond substituents is 1. The number of nitrogens with two attached hydrogens (primary N) is 1. The van der Waals surface area contributed by atoms with Gasteiger partial charge in [-0.15, -0.1) is 0 Å². The quantitative estimate of drug-likeness (QED) is 0.192. The Morgan fingerprint density at radius 1 is 1.29 bits per heavy atom. The van der Waals surface area contributed by atoms with Crippen molar-refractivity contribution in [1.29, 1.82) is 0 Å². The molecule has 0 aliphatic heterocycles. The molecule has 1 saturated carbocycles. The van der Waals surface area contributed by atoms with Crippen molar-refractivity contribution < 1.29 is 44.0 Å². The molecular formula is C22H22FN3O8. The molecular weight excluding hydrogens is 453 g/mol. The van der Waals surface area contributed by atoms with Crippen LogP contribution in [0.5, 0.6) is 5.75 Å². The van der Waals surface area contributed by atoms with E-state index in [0.29, 0.717) is 6.07 Å². The summed E-state index contributed by atoms with van der Waals surface area (Å²) >= 11 is 0. The zero-order chi connectivity index (χ0) is 25.3. The lowest BCUT2D eigenvalue weighted by Gasteiger charge is -2.50. The van der Waals surface area contributed by atoms with E-state index in [-0.39, 0.29) is 41.6 Å². The fourth-order valence-corrected chi connectivity index (χ4v) is 5.50. The largest absolute Gasteiger partial charge is 0.508 e. The van der Waals surface area contributed by atoms with E-state index in [1.807, 2.05) is 0 Å². The summed E-state index contributed by atoms with van der Waals surface area (Å²) in [5.74, 6) is -9.17. The summed E-state index contributed by atoms with van der Waals surface area (Å²) in [5.41, 5.74) is 0.616. The minimum absolute atomic E-state index is 0.0233. The second-order valence-corrected chi connectivity index (χ2v) is 8.83. The number of ketones is 2. The van der Waals surface area contributed by atoms with Gasteiger partial charge in [0.05, 0.1) is 17.3 Å². The van der Waals surface area contributed by atoms with Crippen molar-refractivity contribution in [3.8, 4) is 5.75 Å². The van der Waals surface area contributed by atoms with Crippen molar-refractivity contribution in [2.45, 2.75) is 24.5 Å². The Bertz CT molecular complexity index is 1240. The predicted molar refractivity (Wildman–Crippen MR) is 114 cm³/mol. The fraction of sp³-hybridized carbons (Fsp3) is 0.364. The molecule has 7 N–H and O–H groups in total. The van der Waals surface area contributed by atoms with Gasteiger partial charge in [0.15, 0.2) is 17.2 Å². The maximum absolute atomic E-state index is 14.5. The fourth-order valence-electron chi connectivity index (χ4n) is 5.50. The Hall–Kier alpha value is -3.77. The van der Waals surface area contributed by atoms with Gasteiger partial charge < -0.3 is 31.5 Å². The highest BCUT2D eigenvalue weighted by atomic mass is 19.1. The molecule has 180 valence electrons. The van der Waals surface area contributed by atoms with Crippen LogP contribution in [0.2, 0.25) is 0 Å². The lowest BCUT2D eigenvalue weighted by Crippen LogP contribution is -2.65.